The van der Waals surface area contributed by atoms with E-state index >= 15 is 0 Å². The first-order chi connectivity index (χ1) is 14.5. The lowest BCUT2D eigenvalue weighted by Crippen LogP contribution is -2.34. The number of nitrogens with zero attached hydrogens (tertiary/aromatic N) is 3. The number of amides is 1. The fourth-order valence-corrected chi connectivity index (χ4v) is 5.07. The predicted molar refractivity (Wildman–Crippen MR) is 119 cm³/mol. The molecule has 1 aliphatic rings. The van der Waals surface area contributed by atoms with E-state index < -0.39 is 6.04 Å². The van der Waals surface area contributed by atoms with Gasteiger partial charge >= 0.3 is 0 Å². The van der Waals surface area contributed by atoms with Gasteiger partial charge in [-0.1, -0.05) is 19.1 Å². The summed E-state index contributed by atoms with van der Waals surface area (Å²) in [5, 5.41) is 4.68. The van der Waals surface area contributed by atoms with Crippen LogP contribution in [0.1, 0.15) is 42.3 Å². The number of carbonyl (C=O) groups excluding carboxylic acids is 1. The third-order valence-corrected chi connectivity index (χ3v) is 6.68. The fourth-order valence-electron chi connectivity index (χ4n) is 3.73. The van der Waals surface area contributed by atoms with E-state index in [1.165, 1.54) is 22.0 Å². The number of methoxy groups -OCH3 is 1. The highest BCUT2D eigenvalue weighted by atomic mass is 32.1. The van der Waals surface area contributed by atoms with E-state index in [0.717, 1.165) is 35.2 Å². The summed E-state index contributed by atoms with van der Waals surface area (Å²) in [5.74, 6) is 0.952. The van der Waals surface area contributed by atoms with E-state index in [2.05, 4.69) is 22.4 Å². The molecule has 0 fully saturated rings. The van der Waals surface area contributed by atoms with E-state index in [1.807, 2.05) is 24.3 Å². The molecule has 1 N–H and O–H groups in total. The standard InChI is InChI=1S/C22H24N4O3S/c1-13-7-8-17-18(9-13)30-21-19(17)22(28)26(12-23-21)14(2)20(27)25-24-11-15-5-4-6-16(10-15)29-3/h4-6,10-14H,7-9H2,1-3H3,(H,25,27)/b24-11-/t13-,14+/m0/s1. The Morgan fingerprint density at radius 2 is 2.30 bits per heavy atom. The molecule has 30 heavy (non-hydrogen) atoms. The first-order valence-electron chi connectivity index (χ1n) is 9.96. The number of fused-ring (bicyclic) bond motifs is 3. The van der Waals surface area contributed by atoms with Crippen molar-refractivity contribution in [1.29, 1.82) is 0 Å². The minimum Gasteiger partial charge on any atom is -0.497 e. The largest absolute Gasteiger partial charge is 0.497 e. The van der Waals surface area contributed by atoms with E-state index in [0.29, 0.717) is 17.1 Å². The molecule has 1 amide bonds. The summed E-state index contributed by atoms with van der Waals surface area (Å²) in [5.41, 5.74) is 4.26. The van der Waals surface area contributed by atoms with Crippen LogP contribution in [0.25, 0.3) is 10.2 Å². The van der Waals surface area contributed by atoms with Crippen LogP contribution >= 0.6 is 11.3 Å². The van der Waals surface area contributed by atoms with E-state index in [9.17, 15) is 9.59 Å². The number of nitrogens with one attached hydrogen (secondary N) is 1. The molecule has 2 aromatic heterocycles. The average Bonchev–Trinajstić information content (AvgIpc) is 3.11. The molecular weight excluding hydrogens is 400 g/mol. The second-order valence-electron chi connectivity index (χ2n) is 7.68. The summed E-state index contributed by atoms with van der Waals surface area (Å²) in [7, 11) is 1.59. The fraction of sp³-hybridized carbons (Fsp3) is 0.364. The van der Waals surface area contributed by atoms with Gasteiger partial charge in [0, 0.05) is 4.88 Å². The number of hydrogen-bond acceptors (Lipinski definition) is 6. The van der Waals surface area contributed by atoms with Gasteiger partial charge in [0.05, 0.1) is 25.0 Å². The SMILES string of the molecule is COc1cccc(/C=N\NC(=O)[C@@H](C)n2cnc3sc4c(c3c2=O)CC[C@H](C)C4)c1. The summed E-state index contributed by atoms with van der Waals surface area (Å²) in [6, 6.07) is 6.60. The molecule has 2 atom stereocenters. The van der Waals surface area contributed by atoms with Crippen molar-refractivity contribution in [3.8, 4) is 5.75 Å². The molecule has 0 radical (unpaired) electrons. The van der Waals surface area contributed by atoms with Crippen LogP contribution in [0.4, 0.5) is 0 Å². The molecule has 156 valence electrons. The van der Waals surface area contributed by atoms with Crippen LogP contribution in [0, 0.1) is 5.92 Å². The Kier molecular flexibility index (Phi) is 5.67. The number of ether oxygens (including phenoxy) is 1. The van der Waals surface area contributed by atoms with Crippen LogP contribution < -0.4 is 15.7 Å². The van der Waals surface area contributed by atoms with Crippen molar-refractivity contribution in [2.75, 3.05) is 7.11 Å². The van der Waals surface area contributed by atoms with Crippen LogP contribution in [0.5, 0.6) is 5.75 Å². The second kappa shape index (κ2) is 8.39. The number of aryl methyl sites for hydroxylation is 1. The maximum Gasteiger partial charge on any atom is 0.263 e. The van der Waals surface area contributed by atoms with E-state index in [4.69, 9.17) is 4.74 Å². The molecule has 0 spiro atoms. The predicted octanol–water partition coefficient (Wildman–Crippen LogP) is 3.30. The molecule has 0 aliphatic heterocycles. The Balaban J connectivity index is 1.54. The van der Waals surface area contributed by atoms with Gasteiger partial charge in [-0.25, -0.2) is 10.4 Å². The number of carbonyl (C=O) groups is 1. The molecule has 0 unspecified atom stereocenters. The van der Waals surface area contributed by atoms with Crippen LogP contribution in [-0.4, -0.2) is 28.8 Å². The number of benzene rings is 1. The number of hydrogen-bond donors (Lipinski definition) is 1. The van der Waals surface area contributed by atoms with Gasteiger partial charge in [0.25, 0.3) is 11.5 Å². The molecule has 3 aromatic rings. The van der Waals surface area contributed by atoms with E-state index in [1.54, 1.807) is 25.4 Å². The Hall–Kier alpha value is -3.00. The smallest absolute Gasteiger partial charge is 0.263 e. The third-order valence-electron chi connectivity index (χ3n) is 5.52. The lowest BCUT2D eigenvalue weighted by molar-refractivity contribution is -0.123. The topological polar surface area (TPSA) is 85.6 Å². The van der Waals surface area contributed by atoms with Gasteiger partial charge in [0.15, 0.2) is 0 Å². The van der Waals surface area contributed by atoms with Gasteiger partial charge in [0.1, 0.15) is 16.6 Å². The van der Waals surface area contributed by atoms with Gasteiger partial charge in [-0.3, -0.25) is 14.2 Å². The highest BCUT2D eigenvalue weighted by molar-refractivity contribution is 7.18. The van der Waals surface area contributed by atoms with Gasteiger partial charge in [-0.2, -0.15) is 5.10 Å². The van der Waals surface area contributed by atoms with E-state index in [-0.39, 0.29) is 11.5 Å². The summed E-state index contributed by atoms with van der Waals surface area (Å²) in [6.45, 7) is 3.91. The third kappa shape index (κ3) is 3.87. The molecule has 1 aliphatic carbocycles. The number of hydrazone groups is 1. The normalized spacial score (nSPS) is 17.1. The number of thiophene rings is 1. The maximum absolute atomic E-state index is 13.2. The van der Waals surface area contributed by atoms with Crippen LogP contribution in [0.15, 0.2) is 40.5 Å². The molecule has 4 rings (SSSR count). The zero-order valence-corrected chi connectivity index (χ0v) is 18.0. The van der Waals surface area contributed by atoms with Crippen molar-refractivity contribution in [2.45, 2.75) is 39.2 Å². The lowest BCUT2D eigenvalue weighted by atomic mass is 9.89. The molecule has 8 heteroatoms. The van der Waals surface area contributed by atoms with Crippen LogP contribution in [-0.2, 0) is 17.6 Å². The van der Waals surface area contributed by atoms with Crippen LogP contribution in [0.2, 0.25) is 0 Å². The lowest BCUT2D eigenvalue weighted by Gasteiger charge is -2.18. The van der Waals surface area contributed by atoms with Crippen LogP contribution in [0.3, 0.4) is 0 Å². The number of rotatable bonds is 5. The summed E-state index contributed by atoms with van der Waals surface area (Å²) < 4.78 is 6.56. The molecule has 7 nitrogen and oxygen atoms in total. The molecular formula is C22H24N4O3S. The Labute approximate surface area is 178 Å². The van der Waals surface area contributed by atoms with Gasteiger partial charge in [0.2, 0.25) is 0 Å². The highest BCUT2D eigenvalue weighted by Gasteiger charge is 2.25. The van der Waals surface area contributed by atoms with Crippen molar-refractivity contribution in [1.82, 2.24) is 15.0 Å². The molecule has 0 bridgehead atoms. The monoisotopic (exact) mass is 424 g/mol. The molecule has 0 saturated heterocycles. The van der Waals surface area contributed by atoms with Gasteiger partial charge < -0.3 is 4.74 Å². The first kappa shape index (κ1) is 20.3. The van der Waals surface area contributed by atoms with Crippen molar-refractivity contribution in [3.63, 3.8) is 0 Å². The summed E-state index contributed by atoms with van der Waals surface area (Å²) >= 11 is 1.60. The van der Waals surface area contributed by atoms with Crippen molar-refractivity contribution in [2.24, 2.45) is 11.0 Å². The van der Waals surface area contributed by atoms with Crippen molar-refractivity contribution < 1.29 is 9.53 Å². The minimum absolute atomic E-state index is 0.161. The highest BCUT2D eigenvalue weighted by Crippen LogP contribution is 2.35. The Morgan fingerprint density at radius 3 is 3.10 bits per heavy atom. The molecule has 0 saturated carbocycles. The average molecular weight is 425 g/mol. The Bertz CT molecular complexity index is 1180. The Morgan fingerprint density at radius 1 is 1.47 bits per heavy atom. The maximum atomic E-state index is 13.2. The zero-order chi connectivity index (χ0) is 21.3. The number of aromatic nitrogens is 2. The minimum atomic E-state index is -0.727. The summed E-state index contributed by atoms with van der Waals surface area (Å²) in [4.78, 5) is 32.2. The summed E-state index contributed by atoms with van der Waals surface area (Å²) in [6.07, 6.45) is 5.95. The first-order valence-corrected chi connectivity index (χ1v) is 10.8. The second-order valence-corrected chi connectivity index (χ2v) is 8.76. The quantitative estimate of drug-likeness (QED) is 0.503. The van der Waals surface area contributed by atoms with Crippen molar-refractivity contribution in [3.05, 3.63) is 57.0 Å². The van der Waals surface area contributed by atoms with Gasteiger partial charge in [-0.15, -0.1) is 11.3 Å². The zero-order valence-electron chi connectivity index (χ0n) is 17.2. The molecule has 2 heterocycles. The van der Waals surface area contributed by atoms with Gasteiger partial charge in [-0.05, 0) is 55.4 Å². The van der Waals surface area contributed by atoms with Crippen molar-refractivity contribution >= 4 is 33.7 Å². The molecule has 1 aromatic carbocycles.